The lowest BCUT2D eigenvalue weighted by molar-refractivity contribution is 0.0785. The lowest BCUT2D eigenvalue weighted by atomic mass is 10.2. The second-order valence-corrected chi connectivity index (χ2v) is 7.76. The SMILES string of the molecule is CN(Cc1cc(Cl)cc(Cl)c1)C(=O)c1csc(I)c1. The zero-order valence-electron chi connectivity index (χ0n) is 9.99. The summed E-state index contributed by atoms with van der Waals surface area (Å²) in [5, 5.41) is 3.02. The van der Waals surface area contributed by atoms with Crippen LogP contribution in [0.5, 0.6) is 0 Å². The molecule has 0 bridgehead atoms. The van der Waals surface area contributed by atoms with Gasteiger partial charge in [0.15, 0.2) is 0 Å². The van der Waals surface area contributed by atoms with E-state index in [1.165, 1.54) is 0 Å². The molecule has 0 spiro atoms. The van der Waals surface area contributed by atoms with Gasteiger partial charge in [-0.1, -0.05) is 23.2 Å². The zero-order valence-corrected chi connectivity index (χ0v) is 14.5. The number of nitrogens with zero attached hydrogens (tertiary/aromatic N) is 1. The average molecular weight is 426 g/mol. The van der Waals surface area contributed by atoms with Gasteiger partial charge in [0, 0.05) is 29.0 Å². The van der Waals surface area contributed by atoms with E-state index in [1.807, 2.05) is 23.6 Å². The number of amides is 1. The summed E-state index contributed by atoms with van der Waals surface area (Å²) in [5.41, 5.74) is 1.63. The molecule has 2 nitrogen and oxygen atoms in total. The molecule has 100 valence electrons. The second kappa shape index (κ2) is 6.43. The fourth-order valence-corrected chi connectivity index (χ4v) is 3.58. The summed E-state index contributed by atoms with van der Waals surface area (Å²) in [4.78, 5) is 13.8. The Hall–Kier alpha value is -0.300. The molecule has 1 aromatic carbocycles. The van der Waals surface area contributed by atoms with Crippen LogP contribution in [0.15, 0.2) is 29.6 Å². The van der Waals surface area contributed by atoms with Crippen molar-refractivity contribution in [3.05, 3.63) is 53.7 Å². The minimum atomic E-state index is -0.00439. The van der Waals surface area contributed by atoms with E-state index in [-0.39, 0.29) is 5.91 Å². The van der Waals surface area contributed by atoms with Gasteiger partial charge in [0.1, 0.15) is 0 Å². The smallest absolute Gasteiger partial charge is 0.254 e. The maximum absolute atomic E-state index is 12.2. The number of hydrogen-bond donors (Lipinski definition) is 0. The number of halogens is 3. The van der Waals surface area contributed by atoms with Crippen LogP contribution in [-0.2, 0) is 6.54 Å². The van der Waals surface area contributed by atoms with E-state index < -0.39 is 0 Å². The molecule has 0 saturated carbocycles. The molecular weight excluding hydrogens is 416 g/mol. The van der Waals surface area contributed by atoms with Crippen molar-refractivity contribution in [3.8, 4) is 0 Å². The van der Waals surface area contributed by atoms with Gasteiger partial charge in [-0.15, -0.1) is 11.3 Å². The molecule has 2 rings (SSSR count). The predicted molar refractivity (Wildman–Crippen MR) is 89.3 cm³/mol. The van der Waals surface area contributed by atoms with Crippen LogP contribution in [-0.4, -0.2) is 17.9 Å². The van der Waals surface area contributed by atoms with Gasteiger partial charge in [0.25, 0.3) is 5.91 Å². The highest BCUT2D eigenvalue weighted by atomic mass is 127. The molecular formula is C13H10Cl2INOS. The number of benzene rings is 1. The Labute approximate surface area is 139 Å². The number of carbonyl (C=O) groups excluding carboxylic acids is 1. The molecule has 0 radical (unpaired) electrons. The van der Waals surface area contributed by atoms with E-state index in [0.29, 0.717) is 22.2 Å². The molecule has 0 fully saturated rings. The lowest BCUT2D eigenvalue weighted by Gasteiger charge is -2.17. The van der Waals surface area contributed by atoms with Crippen LogP contribution in [0.2, 0.25) is 10.0 Å². The fraction of sp³-hybridized carbons (Fsp3) is 0.154. The van der Waals surface area contributed by atoms with E-state index in [2.05, 4.69) is 22.6 Å². The van der Waals surface area contributed by atoms with E-state index in [1.54, 1.807) is 29.4 Å². The first kappa shape index (κ1) is 15.1. The highest BCUT2D eigenvalue weighted by Crippen LogP contribution is 2.21. The number of hydrogen-bond acceptors (Lipinski definition) is 2. The predicted octanol–water partition coefficient (Wildman–Crippen LogP) is 4.93. The van der Waals surface area contributed by atoms with Crippen LogP contribution in [0.25, 0.3) is 0 Å². The standard InChI is InChI=1S/C13H10Cl2INOS/c1-17(13(18)9-4-12(16)19-7-9)6-8-2-10(14)5-11(15)3-8/h2-5,7H,6H2,1H3. The van der Waals surface area contributed by atoms with Crippen LogP contribution in [0.3, 0.4) is 0 Å². The molecule has 0 aliphatic rings. The zero-order chi connectivity index (χ0) is 14.0. The van der Waals surface area contributed by atoms with Crippen molar-refractivity contribution >= 4 is 63.0 Å². The minimum absolute atomic E-state index is 0.00439. The van der Waals surface area contributed by atoms with E-state index in [4.69, 9.17) is 23.2 Å². The third-order valence-corrected chi connectivity index (χ3v) is 4.73. The summed E-state index contributed by atoms with van der Waals surface area (Å²) in [6, 6.07) is 7.19. The van der Waals surface area contributed by atoms with Crippen molar-refractivity contribution < 1.29 is 4.79 Å². The summed E-state index contributed by atoms with van der Waals surface area (Å²) >= 11 is 15.7. The quantitative estimate of drug-likeness (QED) is 0.638. The summed E-state index contributed by atoms with van der Waals surface area (Å²) in [6.45, 7) is 0.478. The molecule has 0 aliphatic heterocycles. The molecule has 0 N–H and O–H groups in total. The Morgan fingerprint density at radius 3 is 2.42 bits per heavy atom. The highest BCUT2D eigenvalue weighted by Gasteiger charge is 2.14. The molecule has 6 heteroatoms. The largest absolute Gasteiger partial charge is 0.337 e. The maximum atomic E-state index is 12.2. The number of thiophene rings is 1. The third kappa shape index (κ3) is 4.08. The topological polar surface area (TPSA) is 20.3 Å². The van der Waals surface area contributed by atoms with E-state index >= 15 is 0 Å². The minimum Gasteiger partial charge on any atom is -0.337 e. The molecule has 1 amide bonds. The van der Waals surface area contributed by atoms with Gasteiger partial charge in [0.2, 0.25) is 0 Å². The third-order valence-electron chi connectivity index (χ3n) is 2.50. The molecule has 1 aromatic heterocycles. The lowest BCUT2D eigenvalue weighted by Crippen LogP contribution is -2.25. The van der Waals surface area contributed by atoms with Crippen molar-refractivity contribution in [2.24, 2.45) is 0 Å². The van der Waals surface area contributed by atoms with Crippen LogP contribution < -0.4 is 0 Å². The fourth-order valence-electron chi connectivity index (χ4n) is 1.69. The van der Waals surface area contributed by atoms with Crippen molar-refractivity contribution in [1.29, 1.82) is 0 Å². The van der Waals surface area contributed by atoms with Gasteiger partial charge in [0.05, 0.1) is 8.45 Å². The van der Waals surface area contributed by atoms with Gasteiger partial charge in [-0.3, -0.25) is 4.79 Å². The first-order valence-corrected chi connectivity index (χ1v) is 8.11. The normalized spacial score (nSPS) is 10.5. The van der Waals surface area contributed by atoms with Crippen LogP contribution >= 0.6 is 57.1 Å². The Balaban J connectivity index is 2.12. The Morgan fingerprint density at radius 1 is 1.26 bits per heavy atom. The first-order valence-electron chi connectivity index (χ1n) is 5.40. The first-order chi connectivity index (χ1) is 8.95. The van der Waals surface area contributed by atoms with Crippen molar-refractivity contribution in [2.45, 2.75) is 6.54 Å². The van der Waals surface area contributed by atoms with Crippen LogP contribution in [0, 0.1) is 2.88 Å². The Kier molecular flexibility index (Phi) is 5.11. The van der Waals surface area contributed by atoms with Gasteiger partial charge in [-0.05, 0) is 52.4 Å². The monoisotopic (exact) mass is 425 g/mol. The molecule has 1 heterocycles. The molecule has 2 aromatic rings. The van der Waals surface area contributed by atoms with Crippen molar-refractivity contribution in [3.63, 3.8) is 0 Å². The van der Waals surface area contributed by atoms with E-state index in [9.17, 15) is 4.79 Å². The average Bonchev–Trinajstić information content (AvgIpc) is 2.73. The Bertz CT molecular complexity index is 594. The highest BCUT2D eigenvalue weighted by molar-refractivity contribution is 14.1. The van der Waals surface area contributed by atoms with Gasteiger partial charge in [-0.2, -0.15) is 0 Å². The molecule has 0 unspecified atom stereocenters. The number of rotatable bonds is 3. The van der Waals surface area contributed by atoms with E-state index in [0.717, 1.165) is 8.45 Å². The molecule has 0 saturated heterocycles. The second-order valence-electron chi connectivity index (χ2n) is 4.08. The van der Waals surface area contributed by atoms with Crippen molar-refractivity contribution in [2.75, 3.05) is 7.05 Å². The van der Waals surface area contributed by atoms with Crippen LogP contribution in [0.1, 0.15) is 15.9 Å². The maximum Gasteiger partial charge on any atom is 0.254 e. The van der Waals surface area contributed by atoms with Crippen molar-refractivity contribution in [1.82, 2.24) is 4.90 Å². The molecule has 0 atom stereocenters. The summed E-state index contributed by atoms with van der Waals surface area (Å²) in [5.74, 6) is -0.00439. The summed E-state index contributed by atoms with van der Waals surface area (Å²) in [6.07, 6.45) is 0. The number of carbonyl (C=O) groups is 1. The Morgan fingerprint density at radius 2 is 1.89 bits per heavy atom. The summed E-state index contributed by atoms with van der Waals surface area (Å²) in [7, 11) is 1.77. The molecule has 19 heavy (non-hydrogen) atoms. The van der Waals surface area contributed by atoms with Gasteiger partial charge >= 0.3 is 0 Å². The molecule has 0 aliphatic carbocycles. The van der Waals surface area contributed by atoms with Gasteiger partial charge in [-0.25, -0.2) is 0 Å². The van der Waals surface area contributed by atoms with Gasteiger partial charge < -0.3 is 4.90 Å². The summed E-state index contributed by atoms with van der Waals surface area (Å²) < 4.78 is 1.10. The van der Waals surface area contributed by atoms with Crippen LogP contribution in [0.4, 0.5) is 0 Å².